The van der Waals surface area contributed by atoms with Gasteiger partial charge in [-0.3, -0.25) is 4.79 Å². The minimum Gasteiger partial charge on any atom is -0.478 e. The van der Waals surface area contributed by atoms with Gasteiger partial charge < -0.3 is 20.1 Å². The third-order valence-electron chi connectivity index (χ3n) is 11.6. The zero-order valence-electron chi connectivity index (χ0n) is 23.8. The third-order valence-corrected chi connectivity index (χ3v) is 11.6. The lowest BCUT2D eigenvalue weighted by atomic mass is 9.36. The lowest BCUT2D eigenvalue weighted by Crippen LogP contribution is -2.65. The van der Waals surface area contributed by atoms with E-state index in [-0.39, 0.29) is 40.1 Å². The maximum Gasteiger partial charge on any atom is 0.331 e. The number of rotatable bonds is 5. The number of carboxylic acids is 1. The van der Waals surface area contributed by atoms with Crippen molar-refractivity contribution < 1.29 is 29.6 Å². The normalized spacial score (nSPS) is 46.2. The highest BCUT2D eigenvalue weighted by Gasteiger charge is 2.70. The fraction of sp³-hybridized carbons (Fsp3) is 0.806. The second-order valence-corrected chi connectivity index (χ2v) is 13.6. The summed E-state index contributed by atoms with van der Waals surface area (Å²) in [5.74, 6) is -0.909. The van der Waals surface area contributed by atoms with Crippen molar-refractivity contribution in [1.29, 1.82) is 0 Å². The van der Waals surface area contributed by atoms with Crippen LogP contribution in [0.1, 0.15) is 99.8 Å². The lowest BCUT2D eigenvalue weighted by Gasteiger charge is -2.69. The van der Waals surface area contributed by atoms with E-state index in [1.165, 1.54) is 6.92 Å². The number of carbonyl (C=O) groups is 2. The number of carboxylic acid groups (broad SMARTS) is 1. The molecule has 4 fully saturated rings. The zero-order chi connectivity index (χ0) is 27.5. The topological polar surface area (TPSA) is 104 Å². The molecule has 0 aromatic rings. The first-order valence-electron chi connectivity index (χ1n) is 14.3. The van der Waals surface area contributed by atoms with Crippen LogP contribution in [0.5, 0.6) is 0 Å². The number of carbonyl (C=O) groups excluding carboxylic acids is 1. The molecule has 6 heteroatoms. The number of hydrogen-bond acceptors (Lipinski definition) is 5. The molecule has 37 heavy (non-hydrogen) atoms. The molecule has 0 aromatic carbocycles. The van der Waals surface area contributed by atoms with E-state index in [0.29, 0.717) is 37.2 Å². The maximum absolute atomic E-state index is 12.6. The predicted molar refractivity (Wildman–Crippen MR) is 143 cm³/mol. The van der Waals surface area contributed by atoms with Crippen LogP contribution in [0.15, 0.2) is 22.8 Å². The number of hydrogen-bond donors (Lipinski definition) is 3. The summed E-state index contributed by atoms with van der Waals surface area (Å²) in [4.78, 5) is 24.8. The molecule has 0 aliphatic heterocycles. The Labute approximate surface area is 222 Å². The Balaban J connectivity index is 1.82. The van der Waals surface area contributed by atoms with E-state index in [2.05, 4.69) is 27.7 Å². The largest absolute Gasteiger partial charge is 0.478 e. The van der Waals surface area contributed by atoms with E-state index in [9.17, 15) is 24.9 Å². The zero-order valence-corrected chi connectivity index (χ0v) is 23.8. The van der Waals surface area contributed by atoms with Gasteiger partial charge in [0, 0.05) is 12.5 Å². The Hall–Kier alpha value is -1.66. The summed E-state index contributed by atoms with van der Waals surface area (Å²) in [6, 6.07) is 0. The third kappa shape index (κ3) is 4.40. The minimum absolute atomic E-state index is 0.0474. The number of aliphatic hydroxyl groups is 2. The Bertz CT molecular complexity index is 994. The van der Waals surface area contributed by atoms with E-state index in [4.69, 9.17) is 4.74 Å². The van der Waals surface area contributed by atoms with Gasteiger partial charge in [0.25, 0.3) is 0 Å². The second-order valence-electron chi connectivity index (χ2n) is 13.6. The van der Waals surface area contributed by atoms with Crippen molar-refractivity contribution in [2.75, 3.05) is 0 Å². The Morgan fingerprint density at radius 1 is 1.03 bits per heavy atom. The molecule has 0 amide bonds. The van der Waals surface area contributed by atoms with Crippen molar-refractivity contribution in [3.8, 4) is 0 Å². The molecular formula is C31H48O6. The highest BCUT2D eigenvalue weighted by Crippen LogP contribution is 2.74. The first-order valence-corrected chi connectivity index (χ1v) is 14.3. The molecule has 6 nitrogen and oxygen atoms in total. The molecule has 4 saturated carbocycles. The number of aliphatic hydroxyl groups excluding tert-OH is 2. The van der Waals surface area contributed by atoms with Gasteiger partial charge in [0.2, 0.25) is 0 Å². The van der Waals surface area contributed by atoms with Crippen molar-refractivity contribution in [3.05, 3.63) is 22.8 Å². The SMILES string of the molecule is CC(=O)O[C@H]1C[C@@]2(C)[C@@H](C[C@@H](O)[C@@H]3[C@@]4(C)CC[C@@H](O)[C@@H](C)[C@@H]4CC[C@@]32C)C1=C(CCC=C(C)C)C(=O)O. The van der Waals surface area contributed by atoms with Crippen molar-refractivity contribution in [2.45, 2.75) is 118 Å². The summed E-state index contributed by atoms with van der Waals surface area (Å²) in [5, 5.41) is 32.9. The van der Waals surface area contributed by atoms with Gasteiger partial charge >= 0.3 is 11.9 Å². The molecule has 0 saturated heterocycles. The van der Waals surface area contributed by atoms with Gasteiger partial charge in [0.05, 0.1) is 12.2 Å². The van der Waals surface area contributed by atoms with Gasteiger partial charge in [-0.05, 0) is 111 Å². The van der Waals surface area contributed by atoms with Gasteiger partial charge in [0.1, 0.15) is 6.10 Å². The molecule has 3 N–H and O–H groups in total. The fourth-order valence-electron chi connectivity index (χ4n) is 9.79. The smallest absolute Gasteiger partial charge is 0.331 e. The van der Waals surface area contributed by atoms with Crippen LogP contribution in [0.25, 0.3) is 0 Å². The molecule has 0 unspecified atom stereocenters. The monoisotopic (exact) mass is 516 g/mol. The van der Waals surface area contributed by atoms with Gasteiger partial charge in [-0.15, -0.1) is 0 Å². The first kappa shape index (κ1) is 28.4. The maximum atomic E-state index is 12.6. The molecule has 4 rings (SSSR count). The van der Waals surface area contributed by atoms with Crippen molar-refractivity contribution in [3.63, 3.8) is 0 Å². The molecule has 4 aliphatic rings. The van der Waals surface area contributed by atoms with Crippen molar-refractivity contribution >= 4 is 11.9 Å². The fourth-order valence-corrected chi connectivity index (χ4v) is 9.79. The van der Waals surface area contributed by atoms with Crippen LogP contribution in [0.4, 0.5) is 0 Å². The van der Waals surface area contributed by atoms with Crippen molar-refractivity contribution in [1.82, 2.24) is 0 Å². The number of aliphatic carboxylic acids is 1. The van der Waals surface area contributed by atoms with Crippen LogP contribution >= 0.6 is 0 Å². The number of allylic oxidation sites excluding steroid dienone is 2. The standard InChI is InChI=1S/C31H48O6/c1-17(2)9-8-10-20(28(35)36)26-22-15-24(34)27-29(5)13-12-23(33)18(3)21(29)11-14-30(27,6)31(22,7)16-25(26)37-19(4)32/h9,18,21-25,27,33-34H,8,10-16H2,1-7H3,(H,35,36)/t18-,21-,22-,23+,24+,25-,27+,29-,30-,31-/m0/s1. The van der Waals surface area contributed by atoms with Crippen LogP contribution in [-0.2, 0) is 14.3 Å². The molecule has 4 aliphatic carbocycles. The van der Waals surface area contributed by atoms with E-state index in [0.717, 1.165) is 36.8 Å². The molecule has 0 heterocycles. The number of esters is 1. The van der Waals surface area contributed by atoms with Crippen LogP contribution in [0.2, 0.25) is 0 Å². The number of ether oxygens (including phenoxy) is 1. The average Bonchev–Trinajstić information content (AvgIpc) is 3.05. The highest BCUT2D eigenvalue weighted by molar-refractivity contribution is 5.88. The molecule has 0 spiro atoms. The van der Waals surface area contributed by atoms with Gasteiger partial charge in [-0.2, -0.15) is 0 Å². The van der Waals surface area contributed by atoms with Crippen molar-refractivity contribution in [2.24, 2.45) is 39.9 Å². The molecule has 0 radical (unpaired) electrons. The summed E-state index contributed by atoms with van der Waals surface area (Å²) in [7, 11) is 0. The summed E-state index contributed by atoms with van der Waals surface area (Å²) in [5.41, 5.74) is 1.57. The quantitative estimate of drug-likeness (QED) is 0.247. The molecule has 10 atom stereocenters. The van der Waals surface area contributed by atoms with Gasteiger partial charge in [-0.25, -0.2) is 4.79 Å². The van der Waals surface area contributed by atoms with Crippen LogP contribution in [-0.4, -0.2) is 45.6 Å². The molecule has 0 bridgehead atoms. The van der Waals surface area contributed by atoms with E-state index < -0.39 is 24.1 Å². The summed E-state index contributed by atoms with van der Waals surface area (Å²) in [6.07, 6.45) is 6.22. The Kier molecular flexibility index (Phi) is 7.53. The molecule has 0 aromatic heterocycles. The molecular weight excluding hydrogens is 468 g/mol. The van der Waals surface area contributed by atoms with Gasteiger partial charge in [0.15, 0.2) is 0 Å². The summed E-state index contributed by atoms with van der Waals surface area (Å²) >= 11 is 0. The summed E-state index contributed by atoms with van der Waals surface area (Å²) in [6.45, 7) is 14.5. The van der Waals surface area contributed by atoms with Crippen LogP contribution in [0.3, 0.4) is 0 Å². The van der Waals surface area contributed by atoms with Gasteiger partial charge in [-0.1, -0.05) is 39.3 Å². The van der Waals surface area contributed by atoms with E-state index in [1.54, 1.807) is 0 Å². The minimum atomic E-state index is -0.953. The second kappa shape index (κ2) is 9.82. The first-order chi connectivity index (χ1) is 17.2. The van der Waals surface area contributed by atoms with E-state index >= 15 is 0 Å². The van der Waals surface area contributed by atoms with Crippen LogP contribution < -0.4 is 0 Å². The Morgan fingerprint density at radius 3 is 2.30 bits per heavy atom. The van der Waals surface area contributed by atoms with Crippen LogP contribution in [0, 0.1) is 39.9 Å². The number of fused-ring (bicyclic) bond motifs is 5. The highest BCUT2D eigenvalue weighted by atomic mass is 16.5. The predicted octanol–water partition coefficient (Wildman–Crippen LogP) is 5.67. The average molecular weight is 517 g/mol. The summed E-state index contributed by atoms with van der Waals surface area (Å²) < 4.78 is 5.87. The lowest BCUT2D eigenvalue weighted by molar-refractivity contribution is -0.234. The molecule has 208 valence electrons. The van der Waals surface area contributed by atoms with E-state index in [1.807, 2.05) is 19.9 Å². The Morgan fingerprint density at radius 2 is 1.70 bits per heavy atom.